The van der Waals surface area contributed by atoms with Gasteiger partial charge in [0.25, 0.3) is 0 Å². The summed E-state index contributed by atoms with van der Waals surface area (Å²) in [7, 11) is 0. The molecule has 0 bridgehead atoms. The van der Waals surface area contributed by atoms with E-state index in [2.05, 4.69) is 0 Å². The molecule has 0 amide bonds. The Balaban J connectivity index is 1.08. The molecule has 13 nitrogen and oxygen atoms in total. The fourth-order valence-corrected chi connectivity index (χ4v) is 10.0. The van der Waals surface area contributed by atoms with Crippen LogP contribution < -0.4 is 4.74 Å². The minimum absolute atomic E-state index is 0.0542. The molecular formula is C58H62O13. The molecule has 10 rings (SSSR count). The van der Waals surface area contributed by atoms with Gasteiger partial charge in [0.15, 0.2) is 17.7 Å². The summed E-state index contributed by atoms with van der Waals surface area (Å²) in [6.07, 6.45) is -7.72. The molecule has 1 unspecified atom stereocenters. The van der Waals surface area contributed by atoms with Crippen LogP contribution in [0, 0.1) is 0 Å². The number of hydrogen-bond donors (Lipinski definition) is 2. The zero-order valence-electron chi connectivity index (χ0n) is 40.4. The van der Waals surface area contributed by atoms with E-state index in [1.165, 1.54) is 0 Å². The molecule has 4 aliphatic rings. The number of hydrogen-bond acceptors (Lipinski definition) is 13. The van der Waals surface area contributed by atoms with Crippen LogP contribution in [-0.2, 0) is 73.8 Å². The summed E-state index contributed by atoms with van der Waals surface area (Å²) in [5.41, 5.74) is 5.37. The Kier molecular flexibility index (Phi) is 14.7. The minimum Gasteiger partial charge on any atom is -0.507 e. The van der Waals surface area contributed by atoms with E-state index in [1.54, 1.807) is 39.8 Å². The van der Waals surface area contributed by atoms with Crippen molar-refractivity contribution in [1.82, 2.24) is 0 Å². The van der Waals surface area contributed by atoms with E-state index in [-0.39, 0.29) is 32.2 Å². The average Bonchev–Trinajstić information content (AvgIpc) is 3.88. The molecule has 0 aliphatic carbocycles. The standard InChI is InChI=1S/C58H62O13/c1-56(2)67-52-53(68-56)55(70-58(37-59)54(52)69-57(3,4)71-58)65-43-30-44(42-28-18-9-19-29-42)47(60)45(31-43)48-50(63-34-40-24-14-7-15-25-40)51(64-35-41-26-16-8-17-27-41)49(62-33-39-22-12-6-13-23-39)46(66-48)36-61-32-38-20-10-5-11-21-38/h5-31,46,48-55,59-60H,32-37H2,1-4H3/t46-,48+,49-,50+,51+,52-,53+,54+,55?,58+/m1/s1. The Labute approximate surface area is 415 Å². The molecule has 6 aromatic rings. The average molecular weight is 967 g/mol. The highest BCUT2D eigenvalue weighted by molar-refractivity contribution is 5.74. The number of phenols is 1. The first-order valence-electron chi connectivity index (χ1n) is 24.3. The van der Waals surface area contributed by atoms with Crippen LogP contribution in [0.5, 0.6) is 11.5 Å². The first-order valence-corrected chi connectivity index (χ1v) is 24.3. The van der Waals surface area contributed by atoms with Crippen LogP contribution in [-0.4, -0.2) is 89.8 Å². The van der Waals surface area contributed by atoms with Crippen LogP contribution in [0.1, 0.15) is 61.6 Å². The van der Waals surface area contributed by atoms with Gasteiger partial charge in [0.2, 0.25) is 12.1 Å². The van der Waals surface area contributed by atoms with E-state index in [4.69, 9.17) is 52.1 Å². The molecule has 4 heterocycles. The fraction of sp³-hybridized carbons (Fsp3) is 0.379. The summed E-state index contributed by atoms with van der Waals surface area (Å²) in [4.78, 5) is 0. The molecule has 13 heteroatoms. The quantitative estimate of drug-likeness (QED) is 0.0846. The third-order valence-electron chi connectivity index (χ3n) is 13.2. The van der Waals surface area contributed by atoms with Gasteiger partial charge in [0.05, 0.1) is 33.0 Å². The third kappa shape index (κ3) is 11.1. The van der Waals surface area contributed by atoms with Gasteiger partial charge in [-0.1, -0.05) is 152 Å². The van der Waals surface area contributed by atoms with Gasteiger partial charge in [-0.05, 0) is 67.6 Å². The molecule has 0 radical (unpaired) electrons. The van der Waals surface area contributed by atoms with Crippen molar-refractivity contribution in [2.75, 3.05) is 13.2 Å². The van der Waals surface area contributed by atoms with E-state index in [0.29, 0.717) is 29.0 Å². The van der Waals surface area contributed by atoms with Gasteiger partial charge in [0, 0.05) is 11.1 Å². The lowest BCUT2D eigenvalue weighted by Gasteiger charge is -2.46. The normalized spacial score (nSPS) is 28.5. The SMILES string of the molecule is CC1(C)O[C@@H]2[C@H](O1)C(Oc1cc(-c3ccccc3)c(O)c([C@@H]3O[C@H](COCc4ccccc4)[C@@H](OCc4ccccc4)[C@H](OCc4ccccc4)[C@H]3OCc3ccccc3)c1)O[C@@]1(CO)OC(C)(C)O[C@@H]21. The number of phenolic OH excluding ortho intramolecular Hbond substituents is 1. The van der Waals surface area contributed by atoms with Gasteiger partial charge in [-0.2, -0.15) is 0 Å². The predicted molar refractivity (Wildman–Crippen MR) is 261 cm³/mol. The summed E-state index contributed by atoms with van der Waals surface area (Å²) >= 11 is 0. The van der Waals surface area contributed by atoms with Crippen LogP contribution in [0.2, 0.25) is 0 Å². The third-order valence-corrected chi connectivity index (χ3v) is 13.2. The van der Waals surface area contributed by atoms with Crippen molar-refractivity contribution in [3.63, 3.8) is 0 Å². The molecule has 4 aliphatic heterocycles. The van der Waals surface area contributed by atoms with Gasteiger partial charge in [-0.15, -0.1) is 0 Å². The number of ether oxygens (including phenoxy) is 11. The number of aromatic hydroxyl groups is 1. The maximum absolute atomic E-state index is 12.8. The molecule has 6 aromatic carbocycles. The van der Waals surface area contributed by atoms with Crippen LogP contribution in [0.25, 0.3) is 11.1 Å². The monoisotopic (exact) mass is 966 g/mol. The van der Waals surface area contributed by atoms with Gasteiger partial charge in [-0.25, -0.2) is 0 Å². The molecule has 71 heavy (non-hydrogen) atoms. The van der Waals surface area contributed by atoms with E-state index in [9.17, 15) is 10.2 Å². The van der Waals surface area contributed by atoms with Crippen molar-refractivity contribution < 1.29 is 62.3 Å². The lowest BCUT2D eigenvalue weighted by atomic mass is 9.88. The van der Waals surface area contributed by atoms with E-state index in [1.807, 2.05) is 152 Å². The predicted octanol–water partition coefficient (Wildman–Crippen LogP) is 9.57. The first-order chi connectivity index (χ1) is 34.5. The summed E-state index contributed by atoms with van der Waals surface area (Å²) in [5, 5.41) is 23.8. The topological polar surface area (TPSA) is 142 Å². The lowest BCUT2D eigenvalue weighted by Crippen LogP contribution is -2.64. The maximum Gasteiger partial charge on any atom is 0.231 e. The van der Waals surface area contributed by atoms with Gasteiger partial charge >= 0.3 is 0 Å². The van der Waals surface area contributed by atoms with Crippen molar-refractivity contribution >= 4 is 0 Å². The summed E-state index contributed by atoms with van der Waals surface area (Å²) in [5.74, 6) is -3.58. The first kappa shape index (κ1) is 49.1. The smallest absolute Gasteiger partial charge is 0.231 e. The Hall–Kier alpha value is -5.52. The Bertz CT molecular complexity index is 2640. The van der Waals surface area contributed by atoms with Crippen molar-refractivity contribution in [1.29, 1.82) is 0 Å². The second-order valence-corrected chi connectivity index (χ2v) is 19.3. The van der Waals surface area contributed by atoms with Crippen LogP contribution in [0.3, 0.4) is 0 Å². The zero-order valence-corrected chi connectivity index (χ0v) is 40.4. The zero-order chi connectivity index (χ0) is 49.0. The van der Waals surface area contributed by atoms with E-state index < -0.39 is 79.1 Å². The highest BCUT2D eigenvalue weighted by Gasteiger charge is 2.68. The summed E-state index contributed by atoms with van der Waals surface area (Å²) < 4.78 is 74.0. The number of fused-ring (bicyclic) bond motifs is 3. The molecule has 0 aromatic heterocycles. The van der Waals surface area contributed by atoms with Gasteiger partial charge in [0.1, 0.15) is 60.8 Å². The van der Waals surface area contributed by atoms with Crippen LogP contribution in [0.15, 0.2) is 164 Å². The molecule has 2 N–H and O–H groups in total. The minimum atomic E-state index is -1.64. The second-order valence-electron chi connectivity index (χ2n) is 19.3. The molecule has 10 atom stereocenters. The Morgan fingerprint density at radius 1 is 0.535 bits per heavy atom. The van der Waals surface area contributed by atoms with Crippen molar-refractivity contribution in [3.05, 3.63) is 192 Å². The summed E-state index contributed by atoms with van der Waals surface area (Å²) in [6, 6.07) is 52.8. The molecule has 4 fully saturated rings. The molecular weight excluding hydrogens is 905 g/mol. The van der Waals surface area contributed by atoms with Crippen LogP contribution >= 0.6 is 0 Å². The Morgan fingerprint density at radius 2 is 1.04 bits per heavy atom. The van der Waals surface area contributed by atoms with Gasteiger partial charge in [-0.3, -0.25) is 0 Å². The molecule has 0 saturated carbocycles. The van der Waals surface area contributed by atoms with E-state index in [0.717, 1.165) is 22.3 Å². The highest BCUT2D eigenvalue weighted by Crippen LogP contribution is 2.51. The summed E-state index contributed by atoms with van der Waals surface area (Å²) in [6.45, 7) is 7.67. The highest BCUT2D eigenvalue weighted by atomic mass is 16.9. The maximum atomic E-state index is 12.8. The molecule has 0 spiro atoms. The van der Waals surface area contributed by atoms with Gasteiger partial charge < -0.3 is 62.3 Å². The van der Waals surface area contributed by atoms with Crippen molar-refractivity contribution in [2.45, 2.75) is 127 Å². The fourth-order valence-electron chi connectivity index (χ4n) is 10.0. The second kappa shape index (κ2) is 21.3. The number of aliphatic hydroxyl groups excluding tert-OH is 1. The number of benzene rings is 6. The van der Waals surface area contributed by atoms with E-state index >= 15 is 0 Å². The van der Waals surface area contributed by atoms with Crippen molar-refractivity contribution in [2.24, 2.45) is 0 Å². The lowest BCUT2D eigenvalue weighted by molar-refractivity contribution is -0.350. The molecule has 372 valence electrons. The molecule has 4 saturated heterocycles. The number of aliphatic hydroxyl groups is 1. The van der Waals surface area contributed by atoms with Crippen molar-refractivity contribution in [3.8, 4) is 22.6 Å². The number of rotatable bonds is 18. The Morgan fingerprint density at radius 3 is 1.61 bits per heavy atom. The van der Waals surface area contributed by atoms with Crippen LogP contribution in [0.4, 0.5) is 0 Å². The largest absolute Gasteiger partial charge is 0.507 e.